The molecule has 9 nitrogen and oxygen atoms in total. The van der Waals surface area contributed by atoms with E-state index in [-0.39, 0.29) is 18.2 Å². The van der Waals surface area contributed by atoms with Gasteiger partial charge >= 0.3 is 0 Å². The first-order valence-corrected chi connectivity index (χ1v) is 15.4. The van der Waals surface area contributed by atoms with Crippen LogP contribution in [0.4, 0.5) is 0 Å². The first-order valence-electron chi connectivity index (χ1n) is 15.4. The van der Waals surface area contributed by atoms with Gasteiger partial charge in [0.1, 0.15) is 11.7 Å². The molecular weight excluding hydrogens is 542 g/mol. The van der Waals surface area contributed by atoms with Gasteiger partial charge in [0.2, 0.25) is 11.8 Å². The molecule has 2 heterocycles. The van der Waals surface area contributed by atoms with E-state index >= 15 is 0 Å². The van der Waals surface area contributed by atoms with Crippen molar-refractivity contribution in [3.8, 4) is 0 Å². The van der Waals surface area contributed by atoms with Crippen LogP contribution in [0.25, 0.3) is 10.9 Å². The third kappa shape index (κ3) is 8.18. The maximum absolute atomic E-state index is 13.7. The Bertz CT molecular complexity index is 1400. The Balaban J connectivity index is 1.31. The molecule has 1 aliphatic carbocycles. The molecule has 0 radical (unpaired) electrons. The molecule has 1 aromatic heterocycles. The Kier molecular flexibility index (Phi) is 10.4. The van der Waals surface area contributed by atoms with Crippen molar-refractivity contribution in [2.45, 2.75) is 63.1 Å². The smallest absolute Gasteiger partial charge is 0.270 e. The van der Waals surface area contributed by atoms with Crippen molar-refractivity contribution >= 4 is 28.6 Å². The van der Waals surface area contributed by atoms with Gasteiger partial charge in [-0.15, -0.1) is 0 Å². The van der Waals surface area contributed by atoms with E-state index in [2.05, 4.69) is 20.5 Å². The van der Waals surface area contributed by atoms with Crippen LogP contribution in [0, 0.1) is 11.8 Å². The van der Waals surface area contributed by atoms with Crippen LogP contribution in [0.1, 0.15) is 54.6 Å². The van der Waals surface area contributed by atoms with Gasteiger partial charge < -0.3 is 26.0 Å². The minimum atomic E-state index is -1.16. The molecule has 1 saturated carbocycles. The number of hydrogen-bond acceptors (Lipinski definition) is 6. The van der Waals surface area contributed by atoms with Crippen molar-refractivity contribution in [3.63, 3.8) is 0 Å². The first-order chi connectivity index (χ1) is 20.9. The SMILES string of the molecule is COC(CN1CCC2CCCCC2C1)C(Cc1ccccc1)NC(=O)[C@H](CC(N)=O)NC(=O)c1ccc2ccccc2n1. The van der Waals surface area contributed by atoms with Crippen molar-refractivity contribution < 1.29 is 19.1 Å². The molecule has 4 unspecified atom stereocenters. The van der Waals surface area contributed by atoms with E-state index in [0.29, 0.717) is 18.5 Å². The zero-order chi connectivity index (χ0) is 30.2. The number of piperidine rings is 1. The lowest BCUT2D eigenvalue weighted by molar-refractivity contribution is -0.128. The number of methoxy groups -OCH3 is 1. The number of hydrogen-bond donors (Lipinski definition) is 3. The number of likely N-dealkylation sites (tertiary alicyclic amines) is 1. The maximum atomic E-state index is 13.7. The van der Waals surface area contributed by atoms with Gasteiger partial charge in [-0.05, 0) is 55.3 Å². The van der Waals surface area contributed by atoms with Crippen LogP contribution in [0.3, 0.4) is 0 Å². The van der Waals surface area contributed by atoms with Crippen molar-refractivity contribution in [1.29, 1.82) is 0 Å². The highest BCUT2D eigenvalue weighted by Crippen LogP contribution is 2.36. The Morgan fingerprint density at radius 2 is 1.70 bits per heavy atom. The highest BCUT2D eigenvalue weighted by atomic mass is 16.5. The fraction of sp³-hybridized carbons (Fsp3) is 0.471. The number of pyridine rings is 1. The third-order valence-corrected chi connectivity index (χ3v) is 9.05. The highest BCUT2D eigenvalue weighted by molar-refractivity contribution is 5.99. The van der Waals surface area contributed by atoms with Gasteiger partial charge in [-0.25, -0.2) is 4.98 Å². The molecule has 3 aromatic rings. The summed E-state index contributed by atoms with van der Waals surface area (Å²) < 4.78 is 6.03. The summed E-state index contributed by atoms with van der Waals surface area (Å²) in [6, 6.07) is 19.2. The number of carbonyl (C=O) groups is 3. The Morgan fingerprint density at radius 3 is 2.47 bits per heavy atom. The summed E-state index contributed by atoms with van der Waals surface area (Å²) in [5.41, 5.74) is 7.39. The molecule has 43 heavy (non-hydrogen) atoms. The lowest BCUT2D eigenvalue weighted by atomic mass is 9.75. The molecular formula is C34H43N5O4. The Labute approximate surface area is 253 Å². The number of aromatic nitrogens is 1. The first kappa shape index (κ1) is 30.6. The normalized spacial score (nSPS) is 20.9. The van der Waals surface area contributed by atoms with Crippen LogP contribution in [0.2, 0.25) is 0 Å². The topological polar surface area (TPSA) is 127 Å². The minimum absolute atomic E-state index is 0.155. The summed E-state index contributed by atoms with van der Waals surface area (Å²) >= 11 is 0. The van der Waals surface area contributed by atoms with Gasteiger partial charge in [0.25, 0.3) is 5.91 Å². The van der Waals surface area contributed by atoms with Crippen LogP contribution >= 0.6 is 0 Å². The van der Waals surface area contributed by atoms with Crippen LogP contribution in [0.5, 0.6) is 0 Å². The molecule has 228 valence electrons. The van der Waals surface area contributed by atoms with Gasteiger partial charge in [-0.1, -0.05) is 73.9 Å². The van der Waals surface area contributed by atoms with Crippen LogP contribution in [-0.2, 0) is 20.7 Å². The molecule has 2 fully saturated rings. The number of ether oxygens (including phenoxy) is 1. The predicted octanol–water partition coefficient (Wildman–Crippen LogP) is 3.46. The molecule has 3 amide bonds. The van der Waals surface area contributed by atoms with Gasteiger partial charge in [0.05, 0.1) is 24.1 Å². The minimum Gasteiger partial charge on any atom is -0.378 e. The number of benzene rings is 2. The van der Waals surface area contributed by atoms with Gasteiger partial charge in [-0.3, -0.25) is 14.4 Å². The van der Waals surface area contributed by atoms with Crippen molar-refractivity contribution in [3.05, 3.63) is 78.0 Å². The van der Waals surface area contributed by atoms with Gasteiger partial charge in [0, 0.05) is 25.6 Å². The molecule has 2 aliphatic rings. The summed E-state index contributed by atoms with van der Waals surface area (Å²) in [4.78, 5) is 45.8. The average molecular weight is 586 g/mol. The number of fused-ring (bicyclic) bond motifs is 2. The van der Waals surface area contributed by atoms with Crippen molar-refractivity contribution in [2.24, 2.45) is 17.6 Å². The van der Waals surface area contributed by atoms with Crippen LogP contribution < -0.4 is 16.4 Å². The second kappa shape index (κ2) is 14.6. The summed E-state index contributed by atoms with van der Waals surface area (Å²) in [7, 11) is 1.68. The summed E-state index contributed by atoms with van der Waals surface area (Å²) in [5.74, 6) is -0.181. The molecule has 0 spiro atoms. The van der Waals surface area contributed by atoms with E-state index in [1.165, 1.54) is 32.1 Å². The third-order valence-electron chi connectivity index (χ3n) is 9.05. The quantitative estimate of drug-likeness (QED) is 0.299. The zero-order valence-electron chi connectivity index (χ0n) is 24.9. The van der Waals surface area contributed by atoms with Gasteiger partial charge in [-0.2, -0.15) is 0 Å². The molecule has 2 aromatic carbocycles. The fourth-order valence-corrected chi connectivity index (χ4v) is 6.72. The fourth-order valence-electron chi connectivity index (χ4n) is 6.72. The number of amides is 3. The maximum Gasteiger partial charge on any atom is 0.270 e. The summed E-state index contributed by atoms with van der Waals surface area (Å²) in [5, 5.41) is 6.72. The molecule has 0 bridgehead atoms. The molecule has 5 atom stereocenters. The number of nitrogens with one attached hydrogen (secondary N) is 2. The van der Waals surface area contributed by atoms with E-state index in [1.54, 1.807) is 19.2 Å². The zero-order valence-corrected chi connectivity index (χ0v) is 24.9. The Morgan fingerprint density at radius 1 is 0.953 bits per heavy atom. The van der Waals surface area contributed by atoms with E-state index in [0.717, 1.165) is 35.9 Å². The molecule has 1 saturated heterocycles. The second-order valence-electron chi connectivity index (χ2n) is 12.0. The molecule has 1 aliphatic heterocycles. The Hall–Kier alpha value is -3.82. The molecule has 9 heteroatoms. The number of para-hydroxylation sites is 1. The lowest BCUT2D eigenvalue weighted by Crippen LogP contribution is -2.57. The highest BCUT2D eigenvalue weighted by Gasteiger charge is 2.35. The average Bonchev–Trinajstić information content (AvgIpc) is 3.03. The monoisotopic (exact) mass is 585 g/mol. The number of nitrogens with zero attached hydrogens (tertiary/aromatic N) is 2. The summed E-state index contributed by atoms with van der Waals surface area (Å²) in [6.07, 6.45) is 6.36. The van der Waals surface area contributed by atoms with E-state index in [4.69, 9.17) is 10.5 Å². The van der Waals surface area contributed by atoms with Crippen LogP contribution in [0.15, 0.2) is 66.7 Å². The predicted molar refractivity (Wildman–Crippen MR) is 166 cm³/mol. The van der Waals surface area contributed by atoms with Crippen molar-refractivity contribution in [2.75, 3.05) is 26.7 Å². The molecule has 4 N–H and O–H groups in total. The number of primary amides is 1. The van der Waals surface area contributed by atoms with Crippen molar-refractivity contribution in [1.82, 2.24) is 20.5 Å². The lowest BCUT2D eigenvalue weighted by Gasteiger charge is -2.43. The largest absolute Gasteiger partial charge is 0.378 e. The summed E-state index contributed by atoms with van der Waals surface area (Å²) in [6.45, 7) is 2.76. The number of carbonyl (C=O) groups excluding carboxylic acids is 3. The standard InChI is InChI=1S/C34H43N5O4/c1-43-31(22-39-18-17-24-11-5-6-13-26(24)21-39)29(19-23-9-3-2-4-10-23)37-34(42)30(20-32(35)40)38-33(41)28-16-15-25-12-7-8-14-27(25)36-28/h2-4,7-10,12,14-16,24,26,29-31H,5-6,11,13,17-22H2,1H3,(H2,35,40)(H,37,42)(H,38,41)/t24?,26?,29?,30-,31?/m0/s1. The van der Waals surface area contributed by atoms with E-state index < -0.39 is 29.8 Å². The van der Waals surface area contributed by atoms with E-state index in [9.17, 15) is 14.4 Å². The second-order valence-corrected chi connectivity index (χ2v) is 12.0. The van der Waals surface area contributed by atoms with E-state index in [1.807, 2.05) is 54.6 Å². The number of rotatable bonds is 12. The molecule has 5 rings (SSSR count). The number of nitrogens with two attached hydrogens (primary N) is 1. The van der Waals surface area contributed by atoms with Crippen LogP contribution in [-0.4, -0.2) is 72.5 Å². The van der Waals surface area contributed by atoms with Gasteiger partial charge in [0.15, 0.2) is 0 Å².